The van der Waals surface area contributed by atoms with Crippen LogP contribution < -0.4 is 10.2 Å². The first kappa shape index (κ1) is 20.0. The van der Waals surface area contributed by atoms with Crippen molar-refractivity contribution in [3.8, 4) is 12.3 Å². The molecule has 0 saturated carbocycles. The Morgan fingerprint density at radius 2 is 1.93 bits per heavy atom. The van der Waals surface area contributed by atoms with Crippen molar-refractivity contribution >= 4 is 35.3 Å². The van der Waals surface area contributed by atoms with Gasteiger partial charge < -0.3 is 10.0 Å². The minimum atomic E-state index is -1.23. The van der Waals surface area contributed by atoms with E-state index >= 15 is 0 Å². The van der Waals surface area contributed by atoms with Crippen LogP contribution in [0.15, 0.2) is 12.1 Å². The first-order valence-corrected chi connectivity index (χ1v) is 8.70. The number of carbonyl (C=O) groups is 5. The van der Waals surface area contributed by atoms with E-state index in [2.05, 4.69) is 11.2 Å². The second-order valence-corrected chi connectivity index (χ2v) is 6.57. The second kappa shape index (κ2) is 7.71. The molecule has 0 bridgehead atoms. The number of aliphatic carboxylic acids is 1. The Hall–Kier alpha value is -3.74. The number of carboxylic acids is 1. The molecule has 1 aromatic rings. The Bertz CT molecular complexity index is 983. The maximum absolute atomic E-state index is 14.7. The molecule has 2 heterocycles. The average Bonchev–Trinajstić information content (AvgIpc) is 2.88. The van der Waals surface area contributed by atoms with Crippen LogP contribution in [0.4, 0.5) is 10.1 Å². The minimum Gasteiger partial charge on any atom is -0.480 e. The van der Waals surface area contributed by atoms with E-state index < -0.39 is 48.0 Å². The lowest BCUT2D eigenvalue weighted by Crippen LogP contribution is -2.54. The molecule has 150 valence electrons. The van der Waals surface area contributed by atoms with Gasteiger partial charge in [0, 0.05) is 19.4 Å². The highest BCUT2D eigenvalue weighted by Crippen LogP contribution is 2.32. The standard InChI is InChI=1S/C19H16FN3O6/c1-2-3-6-22(9-16(25)26)14-8-11-10(7-12(14)20)18(28)23(19(11)29)13-4-5-15(24)21-17(13)27/h1,7-8,13H,3-6,9H2,(H,25,26)(H,21,24,27). The summed E-state index contributed by atoms with van der Waals surface area (Å²) in [5.74, 6) is -2.74. The summed E-state index contributed by atoms with van der Waals surface area (Å²) in [5.41, 5.74) is -0.562. The van der Waals surface area contributed by atoms with Gasteiger partial charge in [-0.25, -0.2) is 4.39 Å². The molecule has 1 saturated heterocycles. The third kappa shape index (κ3) is 3.67. The van der Waals surface area contributed by atoms with Crippen molar-refractivity contribution in [1.82, 2.24) is 10.2 Å². The molecule has 1 aromatic carbocycles. The van der Waals surface area contributed by atoms with E-state index in [1.807, 2.05) is 0 Å². The van der Waals surface area contributed by atoms with E-state index in [1.165, 1.54) is 0 Å². The fraction of sp³-hybridized carbons (Fsp3) is 0.316. The van der Waals surface area contributed by atoms with Gasteiger partial charge in [-0.15, -0.1) is 12.3 Å². The van der Waals surface area contributed by atoms with Crippen LogP contribution >= 0.6 is 0 Å². The topological polar surface area (TPSA) is 124 Å². The number of rotatable bonds is 6. The smallest absolute Gasteiger partial charge is 0.323 e. The Morgan fingerprint density at radius 3 is 2.52 bits per heavy atom. The molecule has 10 heteroatoms. The molecule has 2 aliphatic rings. The Morgan fingerprint density at radius 1 is 1.28 bits per heavy atom. The highest BCUT2D eigenvalue weighted by molar-refractivity contribution is 6.23. The molecule has 0 spiro atoms. The number of piperidine rings is 1. The van der Waals surface area contributed by atoms with E-state index in [0.717, 1.165) is 17.0 Å². The molecule has 29 heavy (non-hydrogen) atoms. The monoisotopic (exact) mass is 401 g/mol. The van der Waals surface area contributed by atoms with Crippen LogP contribution in [0.1, 0.15) is 40.0 Å². The van der Waals surface area contributed by atoms with Crippen molar-refractivity contribution < 1.29 is 33.5 Å². The average molecular weight is 401 g/mol. The van der Waals surface area contributed by atoms with Crippen LogP contribution in [0.5, 0.6) is 0 Å². The van der Waals surface area contributed by atoms with Crippen LogP contribution in [-0.2, 0) is 14.4 Å². The SMILES string of the molecule is C#CCCN(CC(=O)O)c1cc2c(cc1F)C(=O)N(C1CCC(=O)NC1=O)C2=O. The largest absolute Gasteiger partial charge is 0.480 e. The number of halogens is 1. The Labute approximate surface area is 164 Å². The van der Waals surface area contributed by atoms with Gasteiger partial charge in [-0.05, 0) is 18.6 Å². The number of nitrogens with one attached hydrogen (secondary N) is 1. The molecule has 3 rings (SSSR count). The number of hydrogen-bond donors (Lipinski definition) is 2. The van der Waals surface area contributed by atoms with Gasteiger partial charge in [0.2, 0.25) is 11.8 Å². The third-order valence-electron chi connectivity index (χ3n) is 4.70. The molecule has 0 aromatic heterocycles. The molecule has 4 amide bonds. The number of nitrogens with zero attached hydrogens (tertiary/aromatic N) is 2. The number of fused-ring (bicyclic) bond motifs is 1. The molecule has 0 aliphatic carbocycles. The number of carboxylic acid groups (broad SMARTS) is 1. The summed E-state index contributed by atoms with van der Waals surface area (Å²) in [5, 5.41) is 11.1. The number of imide groups is 2. The van der Waals surface area contributed by atoms with E-state index in [0.29, 0.717) is 4.90 Å². The minimum absolute atomic E-state index is 0.0253. The zero-order valence-corrected chi connectivity index (χ0v) is 15.1. The van der Waals surface area contributed by atoms with Gasteiger partial charge in [0.15, 0.2) is 0 Å². The summed E-state index contributed by atoms with van der Waals surface area (Å²) >= 11 is 0. The first-order chi connectivity index (χ1) is 13.7. The molecule has 1 unspecified atom stereocenters. The first-order valence-electron chi connectivity index (χ1n) is 8.70. The van der Waals surface area contributed by atoms with E-state index in [1.54, 1.807) is 0 Å². The molecule has 2 aliphatic heterocycles. The van der Waals surface area contributed by atoms with Gasteiger partial charge in [-0.3, -0.25) is 34.2 Å². The number of carbonyl (C=O) groups excluding carboxylic acids is 4. The van der Waals surface area contributed by atoms with Crippen molar-refractivity contribution in [2.75, 3.05) is 18.0 Å². The Kier molecular flexibility index (Phi) is 5.32. The third-order valence-corrected chi connectivity index (χ3v) is 4.70. The van der Waals surface area contributed by atoms with Gasteiger partial charge in [0.1, 0.15) is 18.4 Å². The van der Waals surface area contributed by atoms with Crippen LogP contribution in [-0.4, -0.2) is 58.7 Å². The van der Waals surface area contributed by atoms with Gasteiger partial charge in [0.05, 0.1) is 16.8 Å². The van der Waals surface area contributed by atoms with Crippen molar-refractivity contribution in [3.63, 3.8) is 0 Å². The quantitative estimate of drug-likeness (QED) is 0.513. The van der Waals surface area contributed by atoms with Crippen LogP contribution in [0, 0.1) is 18.2 Å². The molecular formula is C19H16FN3O6. The predicted octanol–water partition coefficient (Wildman–Crippen LogP) is 0.141. The van der Waals surface area contributed by atoms with E-state index in [4.69, 9.17) is 11.5 Å². The zero-order chi connectivity index (χ0) is 21.3. The summed E-state index contributed by atoms with van der Waals surface area (Å²) < 4.78 is 14.7. The maximum Gasteiger partial charge on any atom is 0.323 e. The molecule has 1 atom stereocenters. The van der Waals surface area contributed by atoms with Gasteiger partial charge in [-0.1, -0.05) is 0 Å². The number of benzene rings is 1. The van der Waals surface area contributed by atoms with Crippen molar-refractivity contribution in [3.05, 3.63) is 29.1 Å². The van der Waals surface area contributed by atoms with E-state index in [-0.39, 0.29) is 42.6 Å². The van der Waals surface area contributed by atoms with Crippen LogP contribution in [0.3, 0.4) is 0 Å². The molecule has 0 radical (unpaired) electrons. The van der Waals surface area contributed by atoms with Gasteiger partial charge in [-0.2, -0.15) is 0 Å². The van der Waals surface area contributed by atoms with Gasteiger partial charge in [0.25, 0.3) is 11.8 Å². The lowest BCUT2D eigenvalue weighted by atomic mass is 10.0. The summed E-state index contributed by atoms with van der Waals surface area (Å²) in [7, 11) is 0. The summed E-state index contributed by atoms with van der Waals surface area (Å²) in [6.45, 7) is -0.534. The van der Waals surface area contributed by atoms with Crippen LogP contribution in [0.2, 0.25) is 0 Å². The second-order valence-electron chi connectivity index (χ2n) is 6.57. The van der Waals surface area contributed by atoms with Crippen molar-refractivity contribution in [2.24, 2.45) is 0 Å². The normalized spacial score (nSPS) is 18.3. The summed E-state index contributed by atoms with van der Waals surface area (Å²) in [6.07, 6.45) is 5.26. The zero-order valence-electron chi connectivity index (χ0n) is 15.1. The molecular weight excluding hydrogens is 385 g/mol. The lowest BCUT2D eigenvalue weighted by Gasteiger charge is -2.27. The predicted molar refractivity (Wildman–Crippen MR) is 96.4 cm³/mol. The van der Waals surface area contributed by atoms with Crippen molar-refractivity contribution in [1.29, 1.82) is 0 Å². The number of hydrogen-bond acceptors (Lipinski definition) is 6. The number of terminal acetylenes is 1. The number of amides is 4. The Balaban J connectivity index is 1.97. The fourth-order valence-electron chi connectivity index (χ4n) is 3.37. The number of anilines is 1. The summed E-state index contributed by atoms with van der Waals surface area (Å²) in [4.78, 5) is 61.8. The molecule has 9 nitrogen and oxygen atoms in total. The molecule has 2 N–H and O–H groups in total. The molecule has 1 fully saturated rings. The summed E-state index contributed by atoms with van der Waals surface area (Å²) in [6, 6.07) is 0.765. The van der Waals surface area contributed by atoms with E-state index in [9.17, 15) is 28.4 Å². The highest BCUT2D eigenvalue weighted by atomic mass is 19.1. The van der Waals surface area contributed by atoms with Gasteiger partial charge >= 0.3 is 5.97 Å². The van der Waals surface area contributed by atoms with Crippen molar-refractivity contribution in [2.45, 2.75) is 25.3 Å². The van der Waals surface area contributed by atoms with Crippen LogP contribution in [0.25, 0.3) is 0 Å². The maximum atomic E-state index is 14.7. The fourth-order valence-corrected chi connectivity index (χ4v) is 3.37. The lowest BCUT2D eigenvalue weighted by molar-refractivity contribution is -0.137. The highest BCUT2D eigenvalue weighted by Gasteiger charge is 2.45.